The highest BCUT2D eigenvalue weighted by Gasteiger charge is 2.46. The number of amides is 2. The van der Waals surface area contributed by atoms with Crippen LogP contribution in [0, 0.1) is 0 Å². The normalized spacial score (nSPS) is 20.9. The predicted octanol–water partition coefficient (Wildman–Crippen LogP) is -0.475. The van der Waals surface area contributed by atoms with Crippen molar-refractivity contribution in [1.82, 2.24) is 24.1 Å². The van der Waals surface area contributed by atoms with Gasteiger partial charge in [0.2, 0.25) is 10.0 Å². The first kappa shape index (κ1) is 20.7. The molecule has 28 heavy (non-hydrogen) atoms. The summed E-state index contributed by atoms with van der Waals surface area (Å²) in [5.41, 5.74) is -0.980. The predicted molar refractivity (Wildman–Crippen MR) is 101 cm³/mol. The Balaban J connectivity index is 1.61. The number of rotatable bonds is 5. The average Bonchev–Trinajstić information content (AvgIpc) is 3.28. The van der Waals surface area contributed by atoms with Crippen molar-refractivity contribution in [2.24, 2.45) is 0 Å². The Hall–Kier alpha value is -1.98. The van der Waals surface area contributed by atoms with Gasteiger partial charge < -0.3 is 19.5 Å². The van der Waals surface area contributed by atoms with Gasteiger partial charge in [0.05, 0.1) is 5.75 Å². The highest BCUT2D eigenvalue weighted by atomic mass is 32.2. The second-order valence-electron chi connectivity index (χ2n) is 7.02. The molecule has 0 bridgehead atoms. The van der Waals surface area contributed by atoms with Gasteiger partial charge in [-0.15, -0.1) is 0 Å². The summed E-state index contributed by atoms with van der Waals surface area (Å²) in [6.07, 6.45) is 3.90. The Kier molecular flexibility index (Phi) is 6.06. The molecule has 0 unspecified atom stereocenters. The molecule has 0 aliphatic carbocycles. The number of methoxy groups -OCH3 is 1. The lowest BCUT2D eigenvalue weighted by Gasteiger charge is -2.43. The summed E-state index contributed by atoms with van der Waals surface area (Å²) >= 11 is 0. The quantitative estimate of drug-likeness (QED) is 0.697. The van der Waals surface area contributed by atoms with E-state index in [-0.39, 0.29) is 23.4 Å². The van der Waals surface area contributed by atoms with Gasteiger partial charge in [-0.2, -0.15) is 4.31 Å². The third-order valence-electron chi connectivity index (χ3n) is 5.62. The van der Waals surface area contributed by atoms with Crippen molar-refractivity contribution in [1.29, 1.82) is 0 Å². The summed E-state index contributed by atoms with van der Waals surface area (Å²) < 4.78 is 31.1. The van der Waals surface area contributed by atoms with Crippen molar-refractivity contribution in [2.45, 2.75) is 25.4 Å². The van der Waals surface area contributed by atoms with Crippen LogP contribution in [0.3, 0.4) is 0 Å². The van der Waals surface area contributed by atoms with Crippen LogP contribution in [-0.2, 0) is 19.6 Å². The first-order chi connectivity index (χ1) is 13.3. The van der Waals surface area contributed by atoms with Crippen molar-refractivity contribution in [3.8, 4) is 0 Å². The number of piperidine rings is 1. The van der Waals surface area contributed by atoms with Gasteiger partial charge in [-0.25, -0.2) is 13.4 Å². The molecule has 0 aromatic carbocycles. The van der Waals surface area contributed by atoms with Gasteiger partial charge in [-0.05, 0) is 6.92 Å². The summed E-state index contributed by atoms with van der Waals surface area (Å²) in [4.78, 5) is 35.7. The van der Waals surface area contributed by atoms with Crippen molar-refractivity contribution < 1.29 is 22.7 Å². The molecule has 11 heteroatoms. The van der Waals surface area contributed by atoms with Gasteiger partial charge in [0.1, 0.15) is 5.60 Å². The van der Waals surface area contributed by atoms with E-state index in [1.54, 1.807) is 22.9 Å². The lowest BCUT2D eigenvalue weighted by molar-refractivity contribution is -0.161. The summed E-state index contributed by atoms with van der Waals surface area (Å²) in [7, 11) is -1.73. The Labute approximate surface area is 164 Å². The number of hydrogen-bond acceptors (Lipinski definition) is 6. The molecule has 2 amide bonds. The van der Waals surface area contributed by atoms with Crippen LogP contribution >= 0.6 is 0 Å². The summed E-state index contributed by atoms with van der Waals surface area (Å²) in [5, 5.41) is 0. The summed E-state index contributed by atoms with van der Waals surface area (Å²) in [6.45, 7) is 3.68. The maximum absolute atomic E-state index is 13.1. The van der Waals surface area contributed by atoms with E-state index in [2.05, 4.69) is 9.97 Å². The number of hydrogen-bond donors (Lipinski definition) is 1. The van der Waals surface area contributed by atoms with Crippen molar-refractivity contribution in [2.75, 3.05) is 52.1 Å². The molecule has 3 rings (SSSR count). The van der Waals surface area contributed by atoms with Gasteiger partial charge in [0, 0.05) is 71.6 Å². The van der Waals surface area contributed by atoms with Crippen LogP contribution < -0.4 is 0 Å². The number of piperazine rings is 1. The Morgan fingerprint density at radius 3 is 2.29 bits per heavy atom. The van der Waals surface area contributed by atoms with E-state index >= 15 is 0 Å². The van der Waals surface area contributed by atoms with Crippen LogP contribution in [-0.4, -0.2) is 102 Å². The number of nitrogens with one attached hydrogen (secondary N) is 1. The molecule has 156 valence electrons. The lowest BCUT2D eigenvalue weighted by atomic mass is 9.89. The Bertz CT molecular complexity index is 794. The van der Waals surface area contributed by atoms with Crippen LogP contribution in [0.4, 0.5) is 0 Å². The fraction of sp³-hybridized carbons (Fsp3) is 0.706. The van der Waals surface area contributed by atoms with Crippen LogP contribution in [0.15, 0.2) is 12.4 Å². The maximum atomic E-state index is 13.1. The lowest BCUT2D eigenvalue weighted by Crippen LogP contribution is -2.60. The van der Waals surface area contributed by atoms with Gasteiger partial charge >= 0.3 is 0 Å². The second-order valence-corrected chi connectivity index (χ2v) is 9.28. The molecule has 2 fully saturated rings. The molecule has 0 radical (unpaired) electrons. The molecular weight excluding hydrogens is 386 g/mol. The van der Waals surface area contributed by atoms with Crippen molar-refractivity contribution >= 4 is 21.8 Å². The molecule has 1 aromatic rings. The number of aromatic amines is 1. The second kappa shape index (κ2) is 8.18. The van der Waals surface area contributed by atoms with E-state index in [1.165, 1.54) is 17.6 Å². The molecule has 2 aliphatic rings. The Morgan fingerprint density at radius 1 is 1.14 bits per heavy atom. The first-order valence-electron chi connectivity index (χ1n) is 9.44. The molecule has 2 saturated heterocycles. The third-order valence-corrected chi connectivity index (χ3v) is 7.51. The number of imidazole rings is 1. The minimum Gasteiger partial charge on any atom is -0.368 e. The van der Waals surface area contributed by atoms with E-state index < -0.39 is 15.6 Å². The highest BCUT2D eigenvalue weighted by Crippen LogP contribution is 2.29. The number of sulfonamides is 1. The minimum atomic E-state index is -3.24. The maximum Gasteiger partial charge on any atom is 0.289 e. The van der Waals surface area contributed by atoms with Crippen molar-refractivity contribution in [3.05, 3.63) is 18.2 Å². The van der Waals surface area contributed by atoms with Gasteiger partial charge in [-0.3, -0.25) is 9.59 Å². The molecular formula is C17H27N5O5S. The highest BCUT2D eigenvalue weighted by molar-refractivity contribution is 7.89. The van der Waals surface area contributed by atoms with Crippen LogP contribution in [0.1, 0.15) is 30.4 Å². The molecule has 0 saturated carbocycles. The zero-order valence-corrected chi connectivity index (χ0v) is 17.1. The third kappa shape index (κ3) is 3.91. The first-order valence-corrected chi connectivity index (χ1v) is 11.0. The van der Waals surface area contributed by atoms with E-state index in [0.717, 1.165) is 0 Å². The monoisotopic (exact) mass is 413 g/mol. The number of aromatic nitrogens is 2. The number of likely N-dealkylation sites (tertiary alicyclic amines) is 1. The largest absolute Gasteiger partial charge is 0.368 e. The number of carbonyl (C=O) groups excluding carboxylic acids is 2. The molecule has 0 spiro atoms. The summed E-state index contributed by atoms with van der Waals surface area (Å²) in [6, 6.07) is 0. The number of ether oxygens (including phenoxy) is 1. The van der Waals surface area contributed by atoms with Crippen LogP contribution in [0.25, 0.3) is 0 Å². The zero-order chi connectivity index (χ0) is 20.4. The van der Waals surface area contributed by atoms with Crippen LogP contribution in [0.5, 0.6) is 0 Å². The average molecular weight is 414 g/mol. The molecule has 0 atom stereocenters. The molecule has 1 N–H and O–H groups in total. The molecule has 10 nitrogen and oxygen atoms in total. The number of nitrogens with zero attached hydrogens (tertiary/aromatic N) is 4. The van der Waals surface area contributed by atoms with Gasteiger partial charge in [-0.1, -0.05) is 0 Å². The number of H-pyrrole nitrogens is 1. The Morgan fingerprint density at radius 2 is 1.79 bits per heavy atom. The smallest absolute Gasteiger partial charge is 0.289 e. The van der Waals surface area contributed by atoms with E-state index in [0.29, 0.717) is 52.1 Å². The van der Waals surface area contributed by atoms with Crippen LogP contribution in [0.2, 0.25) is 0 Å². The zero-order valence-electron chi connectivity index (χ0n) is 16.3. The number of carbonyl (C=O) groups is 2. The molecule has 3 heterocycles. The standard InChI is InChI=1S/C17H27N5O5S/c1-3-28(25,26)22-12-10-21(11-13-22)16(24)17(27-2)4-8-20(9-5-17)15(23)14-18-6-7-19-14/h6-7H,3-5,8-13H2,1-2H3,(H,18,19). The minimum absolute atomic E-state index is 0.0580. The topological polar surface area (TPSA) is 116 Å². The molecule has 1 aromatic heterocycles. The van der Waals surface area contributed by atoms with Gasteiger partial charge in [0.25, 0.3) is 11.8 Å². The van der Waals surface area contributed by atoms with E-state index in [1.807, 2.05) is 0 Å². The van der Waals surface area contributed by atoms with E-state index in [9.17, 15) is 18.0 Å². The SMILES string of the molecule is CCS(=O)(=O)N1CCN(C(=O)C2(OC)CCN(C(=O)c3ncc[nH]3)CC2)CC1. The fourth-order valence-corrected chi connectivity index (χ4v) is 4.83. The summed E-state index contributed by atoms with van der Waals surface area (Å²) in [5.74, 6) is 0.0151. The van der Waals surface area contributed by atoms with E-state index in [4.69, 9.17) is 4.74 Å². The fourth-order valence-electron chi connectivity index (χ4n) is 3.75. The molecule has 2 aliphatic heterocycles. The van der Waals surface area contributed by atoms with Gasteiger partial charge in [0.15, 0.2) is 5.82 Å². The van der Waals surface area contributed by atoms with Crippen molar-refractivity contribution in [3.63, 3.8) is 0 Å².